The molecule has 0 saturated heterocycles. The van der Waals surface area contributed by atoms with Crippen molar-refractivity contribution in [1.29, 1.82) is 5.26 Å². The summed E-state index contributed by atoms with van der Waals surface area (Å²) in [6.45, 7) is 3.50. The molecule has 1 aromatic carbocycles. The normalized spacial score (nSPS) is 10.4. The monoisotopic (exact) mass is 333 g/mol. The molecule has 0 radical (unpaired) electrons. The van der Waals surface area contributed by atoms with Crippen molar-refractivity contribution in [2.45, 2.75) is 13.5 Å². The number of halogens is 1. The Kier molecular flexibility index (Phi) is 5.91. The zero-order chi connectivity index (χ0) is 16.8. The van der Waals surface area contributed by atoms with Crippen molar-refractivity contribution in [2.24, 2.45) is 7.05 Å². The maximum atomic E-state index is 9.10. The van der Waals surface area contributed by atoms with Crippen LogP contribution in [0.25, 0.3) is 0 Å². The van der Waals surface area contributed by atoms with Gasteiger partial charge in [0.25, 0.3) is 0 Å². The molecule has 6 heteroatoms. The lowest BCUT2D eigenvalue weighted by Crippen LogP contribution is -2.08. The third-order valence-corrected chi connectivity index (χ3v) is 4.02. The molecule has 0 atom stereocenters. The highest BCUT2D eigenvalue weighted by Crippen LogP contribution is 2.33. The first kappa shape index (κ1) is 17.2. The maximum Gasteiger partial charge on any atom is 0.161 e. The van der Waals surface area contributed by atoms with Gasteiger partial charge in [-0.2, -0.15) is 5.26 Å². The number of nitrogens with one attached hydrogen (secondary N) is 1. The first-order chi connectivity index (χ1) is 11.1. The highest BCUT2D eigenvalue weighted by Gasteiger charge is 2.11. The van der Waals surface area contributed by atoms with Gasteiger partial charge in [0, 0.05) is 26.4 Å². The van der Waals surface area contributed by atoms with Crippen LogP contribution in [0.3, 0.4) is 0 Å². The van der Waals surface area contributed by atoms with E-state index in [0.717, 1.165) is 16.9 Å². The third-order valence-electron chi connectivity index (χ3n) is 3.72. The lowest BCUT2D eigenvalue weighted by Gasteiger charge is -2.14. The van der Waals surface area contributed by atoms with Gasteiger partial charge in [0.2, 0.25) is 0 Å². The first-order valence-electron chi connectivity index (χ1n) is 7.28. The Morgan fingerprint density at radius 3 is 2.78 bits per heavy atom. The van der Waals surface area contributed by atoms with Crippen molar-refractivity contribution >= 4 is 17.3 Å². The number of anilines is 1. The Hall–Kier alpha value is -2.16. The number of nitriles is 1. The van der Waals surface area contributed by atoms with E-state index >= 15 is 0 Å². The molecule has 0 aliphatic rings. The molecule has 2 rings (SSSR count). The first-order valence-corrected chi connectivity index (χ1v) is 7.65. The lowest BCUT2D eigenvalue weighted by molar-refractivity contribution is 0.146. The molecule has 1 N–H and O–H groups in total. The van der Waals surface area contributed by atoms with Crippen LogP contribution in [0.15, 0.2) is 24.3 Å². The number of hydrogen-bond donors (Lipinski definition) is 1. The Bertz CT molecular complexity index is 719. The minimum atomic E-state index is 0.428. The molecule has 5 nitrogen and oxygen atoms in total. The van der Waals surface area contributed by atoms with E-state index in [9.17, 15) is 0 Å². The van der Waals surface area contributed by atoms with Crippen molar-refractivity contribution < 1.29 is 9.47 Å². The van der Waals surface area contributed by atoms with E-state index in [1.54, 1.807) is 13.2 Å². The van der Waals surface area contributed by atoms with Crippen molar-refractivity contribution in [3.05, 3.63) is 46.2 Å². The van der Waals surface area contributed by atoms with Crippen molar-refractivity contribution in [3.63, 3.8) is 0 Å². The van der Waals surface area contributed by atoms with Gasteiger partial charge in [-0.05, 0) is 30.7 Å². The van der Waals surface area contributed by atoms with E-state index in [2.05, 4.69) is 11.4 Å². The van der Waals surface area contributed by atoms with E-state index in [1.807, 2.05) is 36.7 Å². The molecule has 0 aliphatic carbocycles. The number of rotatable bonds is 7. The minimum Gasteiger partial charge on any atom is -0.487 e. The quantitative estimate of drug-likeness (QED) is 0.788. The van der Waals surface area contributed by atoms with Gasteiger partial charge in [0.05, 0.1) is 17.3 Å². The fourth-order valence-corrected chi connectivity index (χ4v) is 2.49. The van der Waals surface area contributed by atoms with Gasteiger partial charge in [-0.15, -0.1) is 0 Å². The zero-order valence-corrected chi connectivity index (χ0v) is 14.3. The molecule has 0 saturated carbocycles. The summed E-state index contributed by atoms with van der Waals surface area (Å²) in [5.41, 5.74) is 3.57. The predicted octanol–water partition coefficient (Wildman–Crippen LogP) is 3.50. The summed E-state index contributed by atoms with van der Waals surface area (Å²) in [4.78, 5) is 0. The van der Waals surface area contributed by atoms with Crippen LogP contribution in [-0.2, 0) is 18.3 Å². The molecule has 0 amide bonds. The van der Waals surface area contributed by atoms with Gasteiger partial charge in [-0.1, -0.05) is 17.7 Å². The highest BCUT2D eigenvalue weighted by atomic mass is 35.5. The SMILES string of the molecule is COCCOc1c(Cl)cccc1NCc1cc(C#N)n(C)c1C. The minimum absolute atomic E-state index is 0.428. The third kappa shape index (κ3) is 3.98. The van der Waals surface area contributed by atoms with Crippen LogP contribution in [-0.4, -0.2) is 24.9 Å². The van der Waals surface area contributed by atoms with Crippen LogP contribution >= 0.6 is 11.6 Å². The van der Waals surface area contributed by atoms with Crippen molar-refractivity contribution in [3.8, 4) is 11.8 Å². The molecule has 122 valence electrons. The second-order valence-electron chi connectivity index (χ2n) is 5.12. The summed E-state index contributed by atoms with van der Waals surface area (Å²) >= 11 is 6.22. The number of methoxy groups -OCH3 is 1. The largest absolute Gasteiger partial charge is 0.487 e. The lowest BCUT2D eigenvalue weighted by atomic mass is 10.2. The van der Waals surface area contributed by atoms with Crippen LogP contribution in [0.1, 0.15) is 17.0 Å². The van der Waals surface area contributed by atoms with Crippen LogP contribution in [0.5, 0.6) is 5.75 Å². The van der Waals surface area contributed by atoms with E-state index < -0.39 is 0 Å². The molecular formula is C17H20ClN3O2. The second kappa shape index (κ2) is 7.91. The van der Waals surface area contributed by atoms with Gasteiger partial charge >= 0.3 is 0 Å². The number of aromatic nitrogens is 1. The summed E-state index contributed by atoms with van der Waals surface area (Å²) in [6, 6.07) is 9.64. The molecule has 0 bridgehead atoms. The molecule has 0 unspecified atom stereocenters. The number of nitrogens with zero attached hydrogens (tertiary/aromatic N) is 2. The Balaban J connectivity index is 2.14. The van der Waals surface area contributed by atoms with Crippen molar-refractivity contribution in [1.82, 2.24) is 4.57 Å². The average Bonchev–Trinajstić information content (AvgIpc) is 2.82. The molecule has 1 heterocycles. The standard InChI is InChI=1S/C17H20ClN3O2/c1-12-13(9-14(10-19)21(12)2)11-20-16-6-4-5-15(18)17(16)23-8-7-22-3/h4-6,9,20H,7-8,11H2,1-3H3. The molecule has 23 heavy (non-hydrogen) atoms. The smallest absolute Gasteiger partial charge is 0.161 e. The molecule has 1 aromatic heterocycles. The average molecular weight is 334 g/mol. The number of benzene rings is 1. The Labute approximate surface area is 141 Å². The molecule has 0 fully saturated rings. The topological polar surface area (TPSA) is 59.2 Å². The van der Waals surface area contributed by atoms with Gasteiger partial charge in [-0.3, -0.25) is 0 Å². The number of ether oxygens (including phenoxy) is 2. The number of para-hydroxylation sites is 1. The van der Waals surface area contributed by atoms with E-state index in [4.69, 9.17) is 26.3 Å². The van der Waals surface area contributed by atoms with E-state index in [1.165, 1.54) is 0 Å². The summed E-state index contributed by atoms with van der Waals surface area (Å²) in [5.74, 6) is 0.611. The van der Waals surface area contributed by atoms with Crippen LogP contribution in [0.4, 0.5) is 5.69 Å². The van der Waals surface area contributed by atoms with Crippen LogP contribution in [0.2, 0.25) is 5.02 Å². The van der Waals surface area contributed by atoms with Crippen molar-refractivity contribution in [2.75, 3.05) is 25.6 Å². The summed E-state index contributed by atoms with van der Waals surface area (Å²) in [5, 5.41) is 13.0. The molecule has 2 aromatic rings. The molecular weight excluding hydrogens is 314 g/mol. The van der Waals surface area contributed by atoms with E-state index in [-0.39, 0.29) is 0 Å². The fraction of sp³-hybridized carbons (Fsp3) is 0.353. The Morgan fingerprint density at radius 2 is 2.13 bits per heavy atom. The van der Waals surface area contributed by atoms with Crippen LogP contribution < -0.4 is 10.1 Å². The molecule has 0 aliphatic heterocycles. The highest BCUT2D eigenvalue weighted by molar-refractivity contribution is 6.32. The maximum absolute atomic E-state index is 9.10. The van der Waals surface area contributed by atoms with Gasteiger partial charge in [0.1, 0.15) is 18.4 Å². The van der Waals surface area contributed by atoms with E-state index in [0.29, 0.717) is 36.2 Å². The summed E-state index contributed by atoms with van der Waals surface area (Å²) < 4.78 is 12.6. The second-order valence-corrected chi connectivity index (χ2v) is 5.53. The van der Waals surface area contributed by atoms with Gasteiger partial charge < -0.3 is 19.4 Å². The van der Waals surface area contributed by atoms with Crippen LogP contribution in [0, 0.1) is 18.3 Å². The predicted molar refractivity (Wildman–Crippen MR) is 91.0 cm³/mol. The fourth-order valence-electron chi connectivity index (χ4n) is 2.26. The zero-order valence-electron chi connectivity index (χ0n) is 13.5. The number of hydrogen-bond acceptors (Lipinski definition) is 4. The summed E-state index contributed by atoms with van der Waals surface area (Å²) in [7, 11) is 3.51. The molecule has 0 spiro atoms. The Morgan fingerprint density at radius 1 is 1.35 bits per heavy atom. The van der Waals surface area contributed by atoms with Gasteiger partial charge in [0.15, 0.2) is 5.75 Å². The van der Waals surface area contributed by atoms with Gasteiger partial charge in [-0.25, -0.2) is 0 Å². The summed E-state index contributed by atoms with van der Waals surface area (Å²) in [6.07, 6.45) is 0.